The Hall–Kier alpha value is -5.36. The molecule has 0 saturated heterocycles. The van der Waals surface area contributed by atoms with Gasteiger partial charge in [0.2, 0.25) is 0 Å². The Kier molecular flexibility index (Phi) is 7.33. The minimum atomic E-state index is -0.667. The van der Waals surface area contributed by atoms with Gasteiger partial charge in [0.1, 0.15) is 17.3 Å². The maximum absolute atomic E-state index is 14.8. The van der Waals surface area contributed by atoms with Crippen molar-refractivity contribution < 1.29 is 18.7 Å². The van der Waals surface area contributed by atoms with Crippen molar-refractivity contribution in [2.24, 2.45) is 0 Å². The summed E-state index contributed by atoms with van der Waals surface area (Å²) in [5.41, 5.74) is 3.08. The van der Waals surface area contributed by atoms with E-state index < -0.39 is 17.6 Å². The molecule has 0 saturated carbocycles. The molecule has 0 atom stereocenters. The van der Waals surface area contributed by atoms with E-state index in [9.17, 15) is 19.2 Å². The zero-order chi connectivity index (χ0) is 28.2. The van der Waals surface area contributed by atoms with Crippen LogP contribution in [0.15, 0.2) is 96.0 Å². The smallest absolute Gasteiger partial charge is 0.271 e. The molecular formula is C31H24FN5O3. The van der Waals surface area contributed by atoms with Crippen molar-refractivity contribution in [3.63, 3.8) is 0 Å². The largest absolute Gasteiger partial charge is 0.491 e. The third kappa shape index (κ3) is 5.02. The number of halogens is 1. The fourth-order valence-corrected chi connectivity index (χ4v) is 4.45. The number of rotatable bonds is 7. The van der Waals surface area contributed by atoms with E-state index in [1.807, 2.05) is 36.4 Å². The van der Waals surface area contributed by atoms with Crippen LogP contribution in [0.25, 0.3) is 23.0 Å². The number of hydrogen-bond acceptors (Lipinski definition) is 6. The number of para-hydroxylation sites is 1. The van der Waals surface area contributed by atoms with Gasteiger partial charge in [0, 0.05) is 35.3 Å². The van der Waals surface area contributed by atoms with Crippen LogP contribution in [-0.2, 0) is 16.1 Å². The SMILES string of the molecule is CCOc1ccc(-c2nn(-c3ccccc3)cc2/C=C2/C(=O)N(Cc3cccnc3)C(=O)C(C#N)=C2C)cc1F. The summed E-state index contributed by atoms with van der Waals surface area (Å²) in [7, 11) is 0. The minimum absolute atomic E-state index is 0.0401. The first-order valence-electron chi connectivity index (χ1n) is 12.6. The molecule has 0 fully saturated rings. The first-order valence-corrected chi connectivity index (χ1v) is 12.6. The molecule has 0 unspecified atom stereocenters. The summed E-state index contributed by atoms with van der Waals surface area (Å²) < 4.78 is 21.8. The molecule has 0 aliphatic carbocycles. The summed E-state index contributed by atoms with van der Waals surface area (Å²) in [5, 5.41) is 14.5. The molecule has 9 heteroatoms. The summed E-state index contributed by atoms with van der Waals surface area (Å²) in [6.07, 6.45) is 6.47. The molecule has 8 nitrogen and oxygen atoms in total. The summed E-state index contributed by atoms with van der Waals surface area (Å²) in [5.74, 6) is -1.64. The van der Waals surface area contributed by atoms with E-state index in [4.69, 9.17) is 9.84 Å². The molecular weight excluding hydrogens is 509 g/mol. The number of ether oxygens (including phenoxy) is 1. The normalized spacial score (nSPS) is 14.6. The van der Waals surface area contributed by atoms with Crippen LogP contribution in [0.3, 0.4) is 0 Å². The van der Waals surface area contributed by atoms with Gasteiger partial charge in [-0.1, -0.05) is 24.3 Å². The lowest BCUT2D eigenvalue weighted by Gasteiger charge is -2.27. The van der Waals surface area contributed by atoms with E-state index in [-0.39, 0.29) is 29.0 Å². The topological polar surface area (TPSA) is 101 Å². The van der Waals surface area contributed by atoms with Crippen molar-refractivity contribution in [2.45, 2.75) is 20.4 Å². The molecule has 0 N–H and O–H groups in total. The summed E-state index contributed by atoms with van der Waals surface area (Å²) >= 11 is 0. The van der Waals surface area contributed by atoms with Gasteiger partial charge in [-0.25, -0.2) is 9.07 Å². The molecule has 0 spiro atoms. The Labute approximate surface area is 230 Å². The predicted molar refractivity (Wildman–Crippen MR) is 146 cm³/mol. The van der Waals surface area contributed by atoms with Gasteiger partial charge in [-0.05, 0) is 67.5 Å². The number of nitriles is 1. The second-order valence-electron chi connectivity index (χ2n) is 9.02. The lowest BCUT2D eigenvalue weighted by atomic mass is 9.93. The van der Waals surface area contributed by atoms with Gasteiger partial charge in [0.05, 0.1) is 18.8 Å². The highest BCUT2D eigenvalue weighted by atomic mass is 19.1. The van der Waals surface area contributed by atoms with Crippen molar-refractivity contribution in [2.75, 3.05) is 6.61 Å². The van der Waals surface area contributed by atoms with Gasteiger partial charge in [-0.3, -0.25) is 19.5 Å². The van der Waals surface area contributed by atoms with Gasteiger partial charge >= 0.3 is 0 Å². The lowest BCUT2D eigenvalue weighted by molar-refractivity contribution is -0.141. The molecule has 4 aromatic rings. The Morgan fingerprint density at radius 3 is 2.55 bits per heavy atom. The highest BCUT2D eigenvalue weighted by Gasteiger charge is 2.35. The van der Waals surface area contributed by atoms with Crippen molar-refractivity contribution in [3.8, 4) is 28.8 Å². The highest BCUT2D eigenvalue weighted by molar-refractivity contribution is 6.19. The minimum Gasteiger partial charge on any atom is -0.491 e. The number of amides is 2. The Morgan fingerprint density at radius 1 is 1.07 bits per heavy atom. The molecule has 0 radical (unpaired) electrons. The number of imide groups is 1. The Morgan fingerprint density at radius 2 is 1.88 bits per heavy atom. The number of hydrogen-bond donors (Lipinski definition) is 0. The monoisotopic (exact) mass is 533 g/mol. The van der Waals surface area contributed by atoms with Crippen molar-refractivity contribution in [1.82, 2.24) is 19.7 Å². The van der Waals surface area contributed by atoms with Crippen LogP contribution in [0.4, 0.5) is 4.39 Å². The summed E-state index contributed by atoms with van der Waals surface area (Å²) in [6, 6.07) is 19.3. The van der Waals surface area contributed by atoms with Crippen LogP contribution in [0, 0.1) is 17.1 Å². The number of carbonyl (C=O) groups is 2. The number of pyridine rings is 1. The van der Waals surface area contributed by atoms with E-state index >= 15 is 0 Å². The molecule has 198 valence electrons. The van der Waals surface area contributed by atoms with Gasteiger partial charge in [-0.15, -0.1) is 0 Å². The fraction of sp³-hybridized carbons (Fsp3) is 0.129. The molecule has 2 aromatic carbocycles. The molecule has 0 bridgehead atoms. The number of carbonyl (C=O) groups excluding carboxylic acids is 2. The number of aromatic nitrogens is 3. The second-order valence-corrected chi connectivity index (χ2v) is 9.02. The van der Waals surface area contributed by atoms with Crippen LogP contribution >= 0.6 is 0 Å². The van der Waals surface area contributed by atoms with E-state index in [1.54, 1.807) is 61.4 Å². The predicted octanol–water partition coefficient (Wildman–Crippen LogP) is 5.26. The highest BCUT2D eigenvalue weighted by Crippen LogP contribution is 2.33. The Balaban J connectivity index is 1.65. The van der Waals surface area contributed by atoms with Crippen LogP contribution in [0.5, 0.6) is 5.75 Å². The molecule has 1 aliphatic rings. The van der Waals surface area contributed by atoms with Crippen molar-refractivity contribution in [3.05, 3.63) is 113 Å². The first-order chi connectivity index (χ1) is 19.4. The standard InChI is InChI=1S/C31H24FN5O3/c1-3-40-28-12-11-22(15-27(28)32)29-23(19-37(35-29)24-9-5-4-6-10-24)14-25-20(2)26(16-33)31(39)36(30(25)38)18-21-8-7-13-34-17-21/h4-15,17,19H,3,18H2,1-2H3/b25-14+. The zero-order valence-electron chi connectivity index (χ0n) is 21.8. The second kappa shape index (κ2) is 11.2. The quantitative estimate of drug-likeness (QED) is 0.237. The Bertz CT molecular complexity index is 1700. The van der Waals surface area contributed by atoms with E-state index in [2.05, 4.69) is 4.98 Å². The maximum Gasteiger partial charge on any atom is 0.271 e. The molecule has 3 heterocycles. The molecule has 40 heavy (non-hydrogen) atoms. The number of nitrogens with zero attached hydrogens (tertiary/aromatic N) is 5. The van der Waals surface area contributed by atoms with Gasteiger partial charge in [-0.2, -0.15) is 10.4 Å². The van der Waals surface area contributed by atoms with Gasteiger partial charge in [0.25, 0.3) is 11.8 Å². The summed E-state index contributed by atoms with van der Waals surface area (Å²) in [4.78, 5) is 31.9. The average molecular weight is 534 g/mol. The molecule has 5 rings (SSSR count). The van der Waals surface area contributed by atoms with Crippen LogP contribution in [0.1, 0.15) is 25.0 Å². The van der Waals surface area contributed by atoms with E-state index in [0.29, 0.717) is 29.0 Å². The van der Waals surface area contributed by atoms with Gasteiger partial charge < -0.3 is 4.74 Å². The van der Waals surface area contributed by atoms with Crippen LogP contribution in [-0.4, -0.2) is 38.1 Å². The van der Waals surface area contributed by atoms with Gasteiger partial charge in [0.15, 0.2) is 11.6 Å². The summed E-state index contributed by atoms with van der Waals surface area (Å²) in [6.45, 7) is 3.62. The maximum atomic E-state index is 14.8. The molecule has 2 amide bonds. The van der Waals surface area contributed by atoms with Crippen molar-refractivity contribution in [1.29, 1.82) is 5.26 Å². The molecule has 1 aliphatic heterocycles. The average Bonchev–Trinajstić information content (AvgIpc) is 3.40. The van der Waals surface area contributed by atoms with E-state index in [0.717, 1.165) is 10.6 Å². The van der Waals surface area contributed by atoms with Crippen LogP contribution in [0.2, 0.25) is 0 Å². The fourth-order valence-electron chi connectivity index (χ4n) is 4.45. The third-order valence-corrected chi connectivity index (χ3v) is 6.46. The van der Waals surface area contributed by atoms with E-state index in [1.165, 1.54) is 12.1 Å². The lowest BCUT2D eigenvalue weighted by Crippen LogP contribution is -2.42. The zero-order valence-corrected chi connectivity index (χ0v) is 21.8. The first kappa shape index (κ1) is 26.3. The third-order valence-electron chi connectivity index (χ3n) is 6.46. The number of benzene rings is 2. The molecule has 2 aromatic heterocycles. The van der Waals surface area contributed by atoms with Crippen LogP contribution < -0.4 is 4.74 Å². The van der Waals surface area contributed by atoms with Crippen molar-refractivity contribution >= 4 is 17.9 Å².